The van der Waals surface area contributed by atoms with E-state index in [0.717, 1.165) is 28.2 Å². The highest BCUT2D eigenvalue weighted by Crippen LogP contribution is 2.30. The Balaban J connectivity index is 1.73. The van der Waals surface area contributed by atoms with Gasteiger partial charge in [0, 0.05) is 17.0 Å². The molecule has 2 aromatic heterocycles. The molecule has 1 amide bonds. The first-order valence-electron chi connectivity index (χ1n) is 10.3. The van der Waals surface area contributed by atoms with Crippen LogP contribution < -0.4 is 5.32 Å². The molecule has 32 heavy (non-hydrogen) atoms. The molecule has 0 atom stereocenters. The number of allylic oxidation sites excluding steroid dienone is 1. The number of anilines is 1. The van der Waals surface area contributed by atoms with Gasteiger partial charge in [0.05, 0.1) is 17.9 Å². The highest BCUT2D eigenvalue weighted by Gasteiger charge is 2.20. The molecule has 9 heteroatoms. The average molecular weight is 471 g/mol. The van der Waals surface area contributed by atoms with Crippen LogP contribution in [0.15, 0.2) is 48.1 Å². The van der Waals surface area contributed by atoms with Gasteiger partial charge in [-0.2, -0.15) is 0 Å². The summed E-state index contributed by atoms with van der Waals surface area (Å²) < 4.78 is 7.04. The zero-order chi connectivity index (χ0) is 23.1. The van der Waals surface area contributed by atoms with Crippen LogP contribution in [0.25, 0.3) is 11.4 Å². The number of benzene rings is 1. The summed E-state index contributed by atoms with van der Waals surface area (Å²) in [6, 6.07) is 9.82. The first-order chi connectivity index (χ1) is 15.5. The van der Waals surface area contributed by atoms with Gasteiger partial charge in [-0.3, -0.25) is 9.36 Å². The lowest BCUT2D eigenvalue weighted by Gasteiger charge is -2.08. The zero-order valence-corrected chi connectivity index (χ0v) is 20.0. The predicted octanol–water partition coefficient (Wildman–Crippen LogP) is 4.97. The normalized spacial score (nSPS) is 10.7. The number of carbonyl (C=O) groups excluding carboxylic acids is 2. The lowest BCUT2D eigenvalue weighted by molar-refractivity contribution is -0.113. The molecule has 3 aromatic rings. The molecule has 0 bridgehead atoms. The Morgan fingerprint density at radius 1 is 1.25 bits per heavy atom. The molecule has 0 saturated heterocycles. The quantitative estimate of drug-likeness (QED) is 0.256. The van der Waals surface area contributed by atoms with Crippen LogP contribution in [0.4, 0.5) is 5.00 Å². The second kappa shape index (κ2) is 11.1. The molecule has 0 saturated carbocycles. The number of nitrogens with zero attached hydrogens (tertiary/aromatic N) is 3. The summed E-state index contributed by atoms with van der Waals surface area (Å²) in [6.07, 6.45) is 2.54. The maximum atomic E-state index is 12.6. The molecule has 0 radical (unpaired) electrons. The number of aromatic nitrogens is 3. The van der Waals surface area contributed by atoms with E-state index in [4.69, 9.17) is 4.74 Å². The Hall–Kier alpha value is -2.91. The van der Waals surface area contributed by atoms with Crippen molar-refractivity contribution in [2.24, 2.45) is 0 Å². The van der Waals surface area contributed by atoms with Crippen molar-refractivity contribution in [2.75, 3.05) is 17.7 Å². The summed E-state index contributed by atoms with van der Waals surface area (Å²) >= 11 is 2.68. The van der Waals surface area contributed by atoms with Crippen molar-refractivity contribution in [3.05, 3.63) is 59.0 Å². The molecule has 3 rings (SSSR count). The predicted molar refractivity (Wildman–Crippen MR) is 129 cm³/mol. The third kappa shape index (κ3) is 5.66. The zero-order valence-electron chi connectivity index (χ0n) is 18.4. The lowest BCUT2D eigenvalue weighted by atomic mass is 10.1. The van der Waals surface area contributed by atoms with Gasteiger partial charge in [-0.1, -0.05) is 54.6 Å². The highest BCUT2D eigenvalue weighted by molar-refractivity contribution is 7.99. The lowest BCUT2D eigenvalue weighted by Crippen LogP contribution is -2.16. The number of rotatable bonds is 10. The number of thiophene rings is 1. The fourth-order valence-corrected chi connectivity index (χ4v) is 4.72. The Labute approximate surface area is 195 Å². The van der Waals surface area contributed by atoms with Gasteiger partial charge in [-0.15, -0.1) is 28.1 Å². The number of nitrogens with one attached hydrogen (secondary N) is 1. The van der Waals surface area contributed by atoms with E-state index < -0.39 is 5.97 Å². The van der Waals surface area contributed by atoms with E-state index in [1.165, 1.54) is 23.1 Å². The topological polar surface area (TPSA) is 86.1 Å². The first kappa shape index (κ1) is 23.7. The summed E-state index contributed by atoms with van der Waals surface area (Å²) in [5, 5.41) is 12.6. The van der Waals surface area contributed by atoms with Gasteiger partial charge in [0.1, 0.15) is 5.00 Å². The fraction of sp³-hybridized carbons (Fsp3) is 0.304. The van der Waals surface area contributed by atoms with E-state index in [-0.39, 0.29) is 18.3 Å². The largest absolute Gasteiger partial charge is 0.462 e. The van der Waals surface area contributed by atoms with Crippen LogP contribution in [0.5, 0.6) is 0 Å². The minimum absolute atomic E-state index is 0.130. The molecular weight excluding hydrogens is 444 g/mol. The molecule has 1 aromatic carbocycles. The van der Waals surface area contributed by atoms with Crippen LogP contribution in [0, 0.1) is 6.92 Å². The van der Waals surface area contributed by atoms with Gasteiger partial charge in [0.2, 0.25) is 5.91 Å². The van der Waals surface area contributed by atoms with Crippen LogP contribution in [-0.2, 0) is 22.5 Å². The Kier molecular flexibility index (Phi) is 8.24. The SMILES string of the molecule is C=CCn1c(SCC(=O)Nc2sc(CC)cc2C(=O)OCC)nnc1-c1ccc(C)cc1. The van der Waals surface area contributed by atoms with E-state index in [1.54, 1.807) is 19.1 Å². The molecule has 0 aliphatic heterocycles. The fourth-order valence-electron chi connectivity index (χ4n) is 2.97. The maximum absolute atomic E-state index is 12.6. The van der Waals surface area contributed by atoms with Crippen LogP contribution >= 0.6 is 23.1 Å². The number of hydrogen-bond acceptors (Lipinski definition) is 7. The van der Waals surface area contributed by atoms with Gasteiger partial charge in [-0.25, -0.2) is 4.79 Å². The summed E-state index contributed by atoms with van der Waals surface area (Å²) in [5.41, 5.74) is 2.51. The molecule has 0 fully saturated rings. The van der Waals surface area contributed by atoms with Crippen molar-refractivity contribution in [2.45, 2.75) is 38.9 Å². The number of hydrogen-bond donors (Lipinski definition) is 1. The van der Waals surface area contributed by atoms with E-state index in [9.17, 15) is 9.59 Å². The number of ether oxygens (including phenoxy) is 1. The third-order valence-corrected chi connectivity index (χ3v) is 6.71. The average Bonchev–Trinajstić information content (AvgIpc) is 3.37. The van der Waals surface area contributed by atoms with Gasteiger partial charge in [-0.05, 0) is 26.3 Å². The number of amides is 1. The minimum Gasteiger partial charge on any atom is -0.462 e. The number of aryl methyl sites for hydroxylation is 2. The van der Waals surface area contributed by atoms with Crippen LogP contribution in [0.1, 0.15) is 34.6 Å². The van der Waals surface area contributed by atoms with E-state index in [1.807, 2.05) is 42.7 Å². The molecule has 0 aliphatic rings. The second-order valence-electron chi connectivity index (χ2n) is 6.94. The van der Waals surface area contributed by atoms with Crippen LogP contribution in [0.3, 0.4) is 0 Å². The van der Waals surface area contributed by atoms with Crippen molar-refractivity contribution >= 4 is 40.0 Å². The van der Waals surface area contributed by atoms with Crippen molar-refractivity contribution < 1.29 is 14.3 Å². The van der Waals surface area contributed by atoms with Crippen molar-refractivity contribution in [1.29, 1.82) is 0 Å². The van der Waals surface area contributed by atoms with Gasteiger partial charge < -0.3 is 10.1 Å². The smallest absolute Gasteiger partial charge is 0.341 e. The van der Waals surface area contributed by atoms with Crippen LogP contribution in [0.2, 0.25) is 0 Å². The molecule has 0 spiro atoms. The Bertz CT molecular complexity index is 1100. The monoisotopic (exact) mass is 470 g/mol. The Morgan fingerprint density at radius 3 is 2.66 bits per heavy atom. The maximum Gasteiger partial charge on any atom is 0.341 e. The number of esters is 1. The molecule has 0 unspecified atom stereocenters. The number of thioether (sulfide) groups is 1. The van der Waals surface area contributed by atoms with Crippen molar-refractivity contribution in [3.8, 4) is 11.4 Å². The molecule has 1 N–H and O–H groups in total. The van der Waals surface area contributed by atoms with Crippen LogP contribution in [-0.4, -0.2) is 39.0 Å². The van der Waals surface area contributed by atoms with Crippen molar-refractivity contribution in [1.82, 2.24) is 14.8 Å². The van der Waals surface area contributed by atoms with Gasteiger partial charge >= 0.3 is 5.97 Å². The van der Waals surface area contributed by atoms with E-state index in [2.05, 4.69) is 22.1 Å². The first-order valence-corrected chi connectivity index (χ1v) is 12.1. The molecular formula is C23H26N4O3S2. The summed E-state index contributed by atoms with van der Waals surface area (Å²) in [6.45, 7) is 10.4. The van der Waals surface area contributed by atoms with Gasteiger partial charge in [0.15, 0.2) is 11.0 Å². The number of carbonyl (C=O) groups is 2. The molecule has 168 valence electrons. The third-order valence-electron chi connectivity index (χ3n) is 4.55. The van der Waals surface area contributed by atoms with Crippen molar-refractivity contribution in [3.63, 3.8) is 0 Å². The molecule has 0 aliphatic carbocycles. The highest BCUT2D eigenvalue weighted by atomic mass is 32.2. The van der Waals surface area contributed by atoms with E-state index >= 15 is 0 Å². The second-order valence-corrected chi connectivity index (χ2v) is 9.02. The standard InChI is InChI=1S/C23H26N4O3S2/c1-5-12-27-20(16-10-8-15(4)9-11-16)25-26-23(27)31-14-19(28)24-21-18(22(29)30-7-3)13-17(6-2)32-21/h5,8-11,13H,1,6-7,12,14H2,2-4H3,(H,24,28). The summed E-state index contributed by atoms with van der Waals surface area (Å²) in [7, 11) is 0. The molecule has 7 nitrogen and oxygen atoms in total. The summed E-state index contributed by atoms with van der Waals surface area (Å²) in [5.74, 6) is 0.198. The van der Waals surface area contributed by atoms with Gasteiger partial charge in [0.25, 0.3) is 0 Å². The minimum atomic E-state index is -0.431. The van der Waals surface area contributed by atoms with E-state index in [0.29, 0.717) is 22.3 Å². The Morgan fingerprint density at radius 2 is 2.00 bits per heavy atom. The summed E-state index contributed by atoms with van der Waals surface area (Å²) in [4.78, 5) is 25.9. The molecule has 2 heterocycles.